The lowest BCUT2D eigenvalue weighted by Gasteiger charge is -2.08. The van der Waals surface area contributed by atoms with Crippen LogP contribution in [0.25, 0.3) is 0 Å². The van der Waals surface area contributed by atoms with E-state index in [9.17, 15) is 9.18 Å². The van der Waals surface area contributed by atoms with Crippen molar-refractivity contribution in [1.82, 2.24) is 0 Å². The first-order valence-electron chi connectivity index (χ1n) is 6.51. The zero-order valence-electron chi connectivity index (χ0n) is 11.7. The number of Topliss-reactive ketones (excluding diaryl/α,β-unsaturated/α-hetero) is 1. The number of ketones is 1. The Morgan fingerprint density at radius 1 is 1.05 bits per heavy atom. The van der Waals surface area contributed by atoms with E-state index in [1.165, 1.54) is 17.7 Å². The molecule has 0 radical (unpaired) electrons. The Kier molecular flexibility index (Phi) is 4.51. The molecule has 0 saturated heterocycles. The molecule has 0 spiro atoms. The predicted molar refractivity (Wildman–Crippen MR) is 76.5 cm³/mol. The molecule has 2 aromatic rings. The molecule has 0 aliphatic heterocycles. The molecule has 3 heteroatoms. The highest BCUT2D eigenvalue weighted by atomic mass is 19.1. The molecule has 0 N–H and O–H groups in total. The SMILES string of the molecule is Cc1ccc(OCC(=O)Cc2ccc(F)cc2)cc1C. The Bertz CT molecular complexity index is 603. The van der Waals surface area contributed by atoms with Crippen LogP contribution in [-0.4, -0.2) is 12.4 Å². The van der Waals surface area contributed by atoms with E-state index in [0.29, 0.717) is 5.75 Å². The highest BCUT2D eigenvalue weighted by molar-refractivity contribution is 5.82. The van der Waals surface area contributed by atoms with Crippen molar-refractivity contribution in [3.63, 3.8) is 0 Å². The molecule has 0 aliphatic carbocycles. The van der Waals surface area contributed by atoms with E-state index in [-0.39, 0.29) is 24.6 Å². The maximum absolute atomic E-state index is 12.8. The molecule has 0 aromatic heterocycles. The summed E-state index contributed by atoms with van der Waals surface area (Å²) < 4.78 is 18.2. The van der Waals surface area contributed by atoms with Gasteiger partial charge in [-0.15, -0.1) is 0 Å². The van der Waals surface area contributed by atoms with Gasteiger partial charge in [0.25, 0.3) is 0 Å². The molecule has 0 unspecified atom stereocenters. The van der Waals surface area contributed by atoms with Crippen molar-refractivity contribution in [1.29, 1.82) is 0 Å². The Hall–Kier alpha value is -2.16. The summed E-state index contributed by atoms with van der Waals surface area (Å²) in [6, 6.07) is 11.7. The lowest BCUT2D eigenvalue weighted by atomic mass is 10.1. The third kappa shape index (κ3) is 3.92. The van der Waals surface area contributed by atoms with Gasteiger partial charge in [0.1, 0.15) is 18.2 Å². The summed E-state index contributed by atoms with van der Waals surface area (Å²) in [6.45, 7) is 4.06. The minimum absolute atomic E-state index is 0.0277. The summed E-state index contributed by atoms with van der Waals surface area (Å²) in [5.74, 6) is 0.364. The molecule has 0 amide bonds. The fourth-order valence-electron chi connectivity index (χ4n) is 1.85. The van der Waals surface area contributed by atoms with Crippen LogP contribution in [0.5, 0.6) is 5.75 Å². The average Bonchev–Trinajstić information content (AvgIpc) is 2.43. The number of benzene rings is 2. The molecule has 0 atom stereocenters. The minimum atomic E-state index is -0.299. The van der Waals surface area contributed by atoms with Crippen molar-refractivity contribution in [2.24, 2.45) is 0 Å². The average molecular weight is 272 g/mol. The van der Waals surface area contributed by atoms with E-state index in [0.717, 1.165) is 11.1 Å². The number of halogens is 1. The van der Waals surface area contributed by atoms with E-state index in [2.05, 4.69) is 0 Å². The van der Waals surface area contributed by atoms with Crippen LogP contribution in [-0.2, 0) is 11.2 Å². The van der Waals surface area contributed by atoms with Crippen LogP contribution in [0.15, 0.2) is 42.5 Å². The molecule has 2 nitrogen and oxygen atoms in total. The number of hydrogen-bond donors (Lipinski definition) is 0. The van der Waals surface area contributed by atoms with Gasteiger partial charge in [0, 0.05) is 6.42 Å². The first kappa shape index (κ1) is 14.3. The van der Waals surface area contributed by atoms with Crippen LogP contribution in [0.2, 0.25) is 0 Å². The van der Waals surface area contributed by atoms with Crippen molar-refractivity contribution in [3.05, 3.63) is 65.0 Å². The minimum Gasteiger partial charge on any atom is -0.486 e. The number of aryl methyl sites for hydroxylation is 2. The molecule has 104 valence electrons. The van der Waals surface area contributed by atoms with Crippen LogP contribution in [0.4, 0.5) is 4.39 Å². The van der Waals surface area contributed by atoms with E-state index in [1.807, 2.05) is 32.0 Å². The standard InChI is InChI=1S/C17H17FO2/c1-12-3-8-17(9-13(12)2)20-11-16(19)10-14-4-6-15(18)7-5-14/h3-9H,10-11H2,1-2H3. The van der Waals surface area contributed by atoms with Crippen LogP contribution in [0.3, 0.4) is 0 Å². The Morgan fingerprint density at radius 2 is 1.75 bits per heavy atom. The predicted octanol–water partition coefficient (Wildman–Crippen LogP) is 3.63. The van der Waals surface area contributed by atoms with E-state index in [1.54, 1.807) is 12.1 Å². The summed E-state index contributed by atoms with van der Waals surface area (Å²) >= 11 is 0. The number of ether oxygens (including phenoxy) is 1. The topological polar surface area (TPSA) is 26.3 Å². The largest absolute Gasteiger partial charge is 0.486 e. The van der Waals surface area contributed by atoms with E-state index < -0.39 is 0 Å². The molecule has 0 fully saturated rings. The molecule has 2 rings (SSSR count). The van der Waals surface area contributed by atoms with Crippen molar-refractivity contribution in [2.75, 3.05) is 6.61 Å². The maximum atomic E-state index is 12.8. The van der Waals surface area contributed by atoms with Gasteiger partial charge in [-0.25, -0.2) is 4.39 Å². The zero-order chi connectivity index (χ0) is 14.5. The lowest BCUT2D eigenvalue weighted by molar-refractivity contribution is -0.120. The maximum Gasteiger partial charge on any atom is 0.174 e. The van der Waals surface area contributed by atoms with Gasteiger partial charge >= 0.3 is 0 Å². The monoisotopic (exact) mass is 272 g/mol. The second-order valence-corrected chi connectivity index (χ2v) is 4.88. The highest BCUT2D eigenvalue weighted by Gasteiger charge is 2.06. The van der Waals surface area contributed by atoms with E-state index >= 15 is 0 Å². The second-order valence-electron chi connectivity index (χ2n) is 4.88. The van der Waals surface area contributed by atoms with Crippen LogP contribution in [0, 0.1) is 19.7 Å². The molecular formula is C17H17FO2. The smallest absolute Gasteiger partial charge is 0.174 e. The highest BCUT2D eigenvalue weighted by Crippen LogP contribution is 2.16. The van der Waals surface area contributed by atoms with Crippen LogP contribution in [0.1, 0.15) is 16.7 Å². The Labute approximate surface area is 118 Å². The number of hydrogen-bond acceptors (Lipinski definition) is 2. The lowest BCUT2D eigenvalue weighted by Crippen LogP contribution is -2.13. The quantitative estimate of drug-likeness (QED) is 0.830. The number of rotatable bonds is 5. The van der Waals surface area contributed by atoms with Crippen LogP contribution < -0.4 is 4.74 Å². The number of carbonyl (C=O) groups is 1. The molecule has 0 bridgehead atoms. The van der Waals surface area contributed by atoms with Gasteiger partial charge < -0.3 is 4.74 Å². The van der Waals surface area contributed by atoms with Crippen molar-refractivity contribution in [2.45, 2.75) is 20.3 Å². The summed E-state index contributed by atoms with van der Waals surface area (Å²) in [7, 11) is 0. The molecular weight excluding hydrogens is 255 g/mol. The van der Waals surface area contributed by atoms with Gasteiger partial charge in [0.05, 0.1) is 0 Å². The fourth-order valence-corrected chi connectivity index (χ4v) is 1.85. The first-order valence-corrected chi connectivity index (χ1v) is 6.51. The third-order valence-corrected chi connectivity index (χ3v) is 3.19. The second kappa shape index (κ2) is 6.33. The van der Waals surface area contributed by atoms with Crippen molar-refractivity contribution in [3.8, 4) is 5.75 Å². The van der Waals surface area contributed by atoms with Crippen LogP contribution >= 0.6 is 0 Å². The molecule has 2 aromatic carbocycles. The Morgan fingerprint density at radius 3 is 2.40 bits per heavy atom. The van der Waals surface area contributed by atoms with Gasteiger partial charge in [0.2, 0.25) is 0 Å². The summed E-state index contributed by atoms with van der Waals surface area (Å²) in [5, 5.41) is 0. The van der Waals surface area contributed by atoms with Gasteiger partial charge in [-0.2, -0.15) is 0 Å². The summed E-state index contributed by atoms with van der Waals surface area (Å²) in [6.07, 6.45) is 0.255. The van der Waals surface area contributed by atoms with Gasteiger partial charge in [-0.3, -0.25) is 4.79 Å². The van der Waals surface area contributed by atoms with E-state index in [4.69, 9.17) is 4.74 Å². The van der Waals surface area contributed by atoms with Gasteiger partial charge in [-0.1, -0.05) is 18.2 Å². The molecule has 20 heavy (non-hydrogen) atoms. The number of carbonyl (C=O) groups excluding carboxylic acids is 1. The van der Waals surface area contributed by atoms with Gasteiger partial charge in [-0.05, 0) is 54.8 Å². The first-order chi connectivity index (χ1) is 9.54. The summed E-state index contributed by atoms with van der Waals surface area (Å²) in [4.78, 5) is 11.8. The molecule has 0 aliphatic rings. The summed E-state index contributed by atoms with van der Waals surface area (Å²) in [5.41, 5.74) is 3.11. The fraction of sp³-hybridized carbons (Fsp3) is 0.235. The molecule has 0 saturated carbocycles. The van der Waals surface area contributed by atoms with Crippen molar-refractivity contribution >= 4 is 5.78 Å². The zero-order valence-corrected chi connectivity index (χ0v) is 11.7. The molecule has 0 heterocycles. The van der Waals surface area contributed by atoms with Crippen molar-refractivity contribution < 1.29 is 13.9 Å². The third-order valence-electron chi connectivity index (χ3n) is 3.19. The van der Waals surface area contributed by atoms with Gasteiger partial charge in [0.15, 0.2) is 5.78 Å². The normalized spacial score (nSPS) is 10.3. The Balaban J connectivity index is 1.88.